The van der Waals surface area contributed by atoms with Crippen molar-refractivity contribution in [1.82, 2.24) is 15.5 Å². The van der Waals surface area contributed by atoms with E-state index in [4.69, 9.17) is 0 Å². The largest absolute Gasteiger partial charge is 0.389 e. The van der Waals surface area contributed by atoms with E-state index in [0.717, 1.165) is 18.8 Å². The van der Waals surface area contributed by atoms with Crippen LogP contribution >= 0.6 is 0 Å². The summed E-state index contributed by atoms with van der Waals surface area (Å²) in [6, 6.07) is 1.55. The van der Waals surface area contributed by atoms with Gasteiger partial charge in [-0.05, 0) is 24.5 Å². The van der Waals surface area contributed by atoms with Crippen molar-refractivity contribution < 1.29 is 14.7 Å². The highest BCUT2D eigenvalue weighted by molar-refractivity contribution is 6.23. The molecule has 1 aliphatic rings. The van der Waals surface area contributed by atoms with E-state index in [-0.39, 0.29) is 28.5 Å². The van der Waals surface area contributed by atoms with Gasteiger partial charge in [-0.25, -0.2) is 0 Å². The summed E-state index contributed by atoms with van der Waals surface area (Å²) in [6.45, 7) is 4.55. The van der Waals surface area contributed by atoms with Gasteiger partial charge < -0.3 is 10.4 Å². The molecule has 6 nitrogen and oxygen atoms in total. The average Bonchev–Trinajstić information content (AvgIpc) is 2.73. The first-order valence-electron chi connectivity index (χ1n) is 11.1. The van der Waals surface area contributed by atoms with Gasteiger partial charge in [0.05, 0.1) is 23.1 Å². The van der Waals surface area contributed by atoms with Crippen LogP contribution in [-0.2, 0) is 0 Å². The van der Waals surface area contributed by atoms with E-state index < -0.39 is 6.10 Å². The number of allylic oxidation sites excluding steroid dienone is 2. The Morgan fingerprint density at radius 3 is 2.27 bits per heavy atom. The zero-order valence-corrected chi connectivity index (χ0v) is 18.5. The number of fused-ring (bicyclic) bond motifs is 1. The van der Waals surface area contributed by atoms with Crippen molar-refractivity contribution in [2.24, 2.45) is 5.92 Å². The lowest BCUT2D eigenvalue weighted by molar-refractivity contribution is 0.0974. The van der Waals surface area contributed by atoms with Crippen molar-refractivity contribution in [3.05, 3.63) is 40.9 Å². The number of rotatable bonds is 13. The van der Waals surface area contributed by atoms with Crippen LogP contribution in [0.4, 0.5) is 0 Å². The van der Waals surface area contributed by atoms with Crippen LogP contribution in [0, 0.1) is 5.92 Å². The predicted octanol–water partition coefficient (Wildman–Crippen LogP) is 4.50. The number of nitrogens with one attached hydrogen (secondary N) is 1. The van der Waals surface area contributed by atoms with Crippen LogP contribution in [0.3, 0.4) is 0 Å². The van der Waals surface area contributed by atoms with Crippen molar-refractivity contribution in [3.8, 4) is 0 Å². The number of aromatic nitrogens is 2. The molecule has 1 aromatic heterocycles. The lowest BCUT2D eigenvalue weighted by Crippen LogP contribution is -2.26. The van der Waals surface area contributed by atoms with Gasteiger partial charge in [0, 0.05) is 13.1 Å². The summed E-state index contributed by atoms with van der Waals surface area (Å²) in [5.74, 6) is 0.191. The molecule has 0 spiro atoms. The fraction of sp³-hybridized carbons (Fsp3) is 0.583. The monoisotopic (exact) mass is 413 g/mol. The molecule has 0 radical (unpaired) electrons. The third-order valence-electron chi connectivity index (χ3n) is 5.35. The smallest absolute Gasteiger partial charge is 0.229 e. The standard InChI is InChI=1S/C24H35N3O3/c1-17(2)11-9-7-5-4-6-8-10-12-19(28)14-13-18-15-20-22(29)16-21(25-3)24(30)23(20)27-26-18/h13-17,19,25,28H,4-12H2,1-3H3. The number of carbonyl (C=O) groups excluding carboxylic acids is 2. The Bertz CT molecular complexity index is 784. The first kappa shape index (κ1) is 23.9. The Hall–Kier alpha value is -2.34. The van der Waals surface area contributed by atoms with Crippen molar-refractivity contribution in [2.45, 2.75) is 77.7 Å². The lowest BCUT2D eigenvalue weighted by atomic mass is 9.97. The topological polar surface area (TPSA) is 92.2 Å². The van der Waals surface area contributed by atoms with E-state index in [0.29, 0.717) is 12.1 Å². The van der Waals surface area contributed by atoms with Crippen LogP contribution in [0.5, 0.6) is 0 Å². The highest BCUT2D eigenvalue weighted by Gasteiger charge is 2.27. The third kappa shape index (κ3) is 7.48. The lowest BCUT2D eigenvalue weighted by Gasteiger charge is -2.13. The van der Waals surface area contributed by atoms with Gasteiger partial charge in [0.15, 0.2) is 5.78 Å². The zero-order chi connectivity index (χ0) is 21.9. The molecule has 0 aromatic carbocycles. The summed E-state index contributed by atoms with van der Waals surface area (Å²) in [7, 11) is 1.59. The predicted molar refractivity (Wildman–Crippen MR) is 119 cm³/mol. The fourth-order valence-electron chi connectivity index (χ4n) is 3.53. The van der Waals surface area contributed by atoms with Crippen molar-refractivity contribution >= 4 is 17.6 Å². The van der Waals surface area contributed by atoms with Crippen LogP contribution < -0.4 is 5.32 Å². The Kier molecular flexibility index (Phi) is 9.87. The first-order chi connectivity index (χ1) is 14.4. The minimum absolute atomic E-state index is 0.0637. The van der Waals surface area contributed by atoms with E-state index in [2.05, 4.69) is 29.4 Å². The summed E-state index contributed by atoms with van der Waals surface area (Å²) in [4.78, 5) is 24.4. The molecule has 1 aromatic rings. The number of Topliss-reactive ketones (excluding diaryl/α,β-unsaturated/α-hetero) is 1. The number of nitrogens with zero attached hydrogens (tertiary/aromatic N) is 2. The number of unbranched alkanes of at least 4 members (excludes halogenated alkanes) is 6. The minimum atomic E-state index is -0.554. The summed E-state index contributed by atoms with van der Waals surface area (Å²) in [5.41, 5.74) is 0.984. The van der Waals surface area contributed by atoms with Gasteiger partial charge >= 0.3 is 0 Å². The SMILES string of the molecule is CNC1=CC(=O)c2cc(C=CC(O)CCCCCCCCCC(C)C)nnc2C1=O. The Balaban J connectivity index is 1.71. The number of ketones is 2. The summed E-state index contributed by atoms with van der Waals surface area (Å²) in [6.07, 6.45) is 14.6. The molecule has 164 valence electrons. The molecular weight excluding hydrogens is 378 g/mol. The zero-order valence-electron chi connectivity index (χ0n) is 18.5. The molecule has 0 fully saturated rings. The Labute approximate surface area is 179 Å². The number of hydrogen-bond donors (Lipinski definition) is 2. The van der Waals surface area contributed by atoms with Crippen LogP contribution in [0.2, 0.25) is 0 Å². The second-order valence-electron chi connectivity index (χ2n) is 8.41. The van der Waals surface area contributed by atoms with E-state index in [1.807, 2.05) is 0 Å². The summed E-state index contributed by atoms with van der Waals surface area (Å²) >= 11 is 0. The molecule has 6 heteroatoms. The number of aliphatic hydroxyl groups is 1. The molecule has 0 bridgehead atoms. The molecular formula is C24H35N3O3. The van der Waals surface area contributed by atoms with E-state index in [1.54, 1.807) is 25.3 Å². The molecule has 0 aliphatic heterocycles. The van der Waals surface area contributed by atoms with E-state index in [9.17, 15) is 14.7 Å². The highest BCUT2D eigenvalue weighted by Crippen LogP contribution is 2.19. The van der Waals surface area contributed by atoms with Crippen LogP contribution in [0.25, 0.3) is 6.08 Å². The van der Waals surface area contributed by atoms with Crippen molar-refractivity contribution in [2.75, 3.05) is 7.05 Å². The second-order valence-corrected chi connectivity index (χ2v) is 8.41. The van der Waals surface area contributed by atoms with Gasteiger partial charge in [-0.2, -0.15) is 5.10 Å². The third-order valence-corrected chi connectivity index (χ3v) is 5.35. The van der Waals surface area contributed by atoms with Gasteiger partial charge in [0.25, 0.3) is 0 Å². The number of aliphatic hydroxyl groups excluding tert-OH is 1. The van der Waals surface area contributed by atoms with Crippen LogP contribution in [0.1, 0.15) is 98.2 Å². The van der Waals surface area contributed by atoms with Gasteiger partial charge in [-0.3, -0.25) is 9.59 Å². The fourth-order valence-corrected chi connectivity index (χ4v) is 3.53. The number of hydrogen-bond acceptors (Lipinski definition) is 6. The average molecular weight is 414 g/mol. The number of carbonyl (C=O) groups is 2. The molecule has 30 heavy (non-hydrogen) atoms. The molecule has 0 saturated carbocycles. The summed E-state index contributed by atoms with van der Waals surface area (Å²) in [5, 5.41) is 20.8. The van der Waals surface area contributed by atoms with Crippen LogP contribution in [-0.4, -0.2) is 40.0 Å². The molecule has 1 aliphatic carbocycles. The molecule has 2 N–H and O–H groups in total. The van der Waals surface area contributed by atoms with E-state index in [1.165, 1.54) is 44.6 Å². The van der Waals surface area contributed by atoms with Crippen molar-refractivity contribution in [3.63, 3.8) is 0 Å². The maximum Gasteiger partial charge on any atom is 0.229 e. The van der Waals surface area contributed by atoms with Gasteiger partial charge in [0.1, 0.15) is 5.69 Å². The second kappa shape index (κ2) is 12.4. The molecule has 0 amide bonds. The quantitative estimate of drug-likeness (QED) is 0.463. The molecule has 1 heterocycles. The maximum atomic E-state index is 12.2. The normalized spacial score (nSPS) is 14.9. The van der Waals surface area contributed by atoms with Gasteiger partial charge in [-0.15, -0.1) is 5.10 Å². The number of likely N-dealkylation sites (N-methyl/N-ethyl adjacent to an activating group) is 1. The Morgan fingerprint density at radius 1 is 1.00 bits per heavy atom. The Morgan fingerprint density at radius 2 is 1.63 bits per heavy atom. The molecule has 0 saturated heterocycles. The summed E-state index contributed by atoms with van der Waals surface area (Å²) < 4.78 is 0. The maximum absolute atomic E-state index is 12.2. The van der Waals surface area contributed by atoms with Gasteiger partial charge in [0.2, 0.25) is 5.78 Å². The molecule has 2 rings (SSSR count). The van der Waals surface area contributed by atoms with Crippen LogP contribution in [0.15, 0.2) is 23.9 Å². The molecule has 1 unspecified atom stereocenters. The minimum Gasteiger partial charge on any atom is -0.389 e. The van der Waals surface area contributed by atoms with E-state index >= 15 is 0 Å². The molecule has 1 atom stereocenters. The van der Waals surface area contributed by atoms with Gasteiger partial charge in [-0.1, -0.05) is 71.3 Å². The highest BCUT2D eigenvalue weighted by atomic mass is 16.3. The van der Waals surface area contributed by atoms with Crippen molar-refractivity contribution in [1.29, 1.82) is 0 Å². The first-order valence-corrected chi connectivity index (χ1v) is 11.1.